The van der Waals surface area contributed by atoms with Gasteiger partial charge >= 0.3 is 0 Å². The Hall–Kier alpha value is -2.54. The van der Waals surface area contributed by atoms with Crippen LogP contribution in [0.25, 0.3) is 11.4 Å². The van der Waals surface area contributed by atoms with Gasteiger partial charge < -0.3 is 14.3 Å². The highest BCUT2D eigenvalue weighted by atomic mass is 32.2. The Bertz CT molecular complexity index is 961. The number of para-hydroxylation sites is 1. The molecule has 0 aliphatic carbocycles. The predicted molar refractivity (Wildman–Crippen MR) is 113 cm³/mol. The summed E-state index contributed by atoms with van der Waals surface area (Å²) in [6, 6.07) is 9.81. The van der Waals surface area contributed by atoms with E-state index in [1.54, 1.807) is 6.26 Å². The molecule has 2 heterocycles. The number of hydrogen-bond acceptors (Lipinski definition) is 5. The first-order chi connectivity index (χ1) is 13.4. The summed E-state index contributed by atoms with van der Waals surface area (Å²) in [5, 5.41) is 12.1. The smallest absolute Gasteiger partial charge is 0.237 e. The Labute approximate surface area is 169 Å². The molecule has 1 N–H and O–H groups in total. The third-order valence-corrected chi connectivity index (χ3v) is 5.71. The van der Waals surface area contributed by atoms with Gasteiger partial charge in [-0.1, -0.05) is 43.8 Å². The number of hydrogen-bond donors (Lipinski definition) is 1. The standard InChI is InChI=1S/C21H26N4O2S/c1-6-25-19(17-11-12-27-14(17)4)23-24-21(25)28-15(5)20(26)22-18-10-8-7-9-16(18)13(2)3/h7-13,15H,6H2,1-5H3,(H,22,26). The van der Waals surface area contributed by atoms with Crippen LogP contribution in [0, 0.1) is 6.92 Å². The number of nitrogens with zero attached hydrogens (tertiary/aromatic N) is 3. The van der Waals surface area contributed by atoms with E-state index in [0.29, 0.717) is 12.5 Å². The molecule has 0 bridgehead atoms. The van der Waals surface area contributed by atoms with Crippen LogP contribution in [-0.4, -0.2) is 25.9 Å². The van der Waals surface area contributed by atoms with Crippen molar-refractivity contribution >= 4 is 23.4 Å². The summed E-state index contributed by atoms with van der Waals surface area (Å²) in [7, 11) is 0. The maximum absolute atomic E-state index is 12.8. The summed E-state index contributed by atoms with van der Waals surface area (Å²) < 4.78 is 7.40. The van der Waals surface area contributed by atoms with E-state index in [9.17, 15) is 4.79 Å². The Kier molecular flexibility index (Phi) is 6.24. The van der Waals surface area contributed by atoms with Crippen LogP contribution in [0.1, 0.15) is 44.9 Å². The minimum Gasteiger partial charge on any atom is -0.469 e. The van der Waals surface area contributed by atoms with Crippen LogP contribution in [0.2, 0.25) is 0 Å². The van der Waals surface area contributed by atoms with Crippen molar-refractivity contribution in [3.05, 3.63) is 47.9 Å². The average Bonchev–Trinajstić information content (AvgIpc) is 3.27. The van der Waals surface area contributed by atoms with Crippen molar-refractivity contribution in [2.75, 3.05) is 5.32 Å². The van der Waals surface area contributed by atoms with Crippen LogP contribution < -0.4 is 5.32 Å². The number of aromatic nitrogens is 3. The number of amides is 1. The molecule has 3 aromatic rings. The van der Waals surface area contributed by atoms with Gasteiger partial charge in [-0.15, -0.1) is 10.2 Å². The largest absolute Gasteiger partial charge is 0.469 e. The molecule has 3 rings (SSSR count). The summed E-state index contributed by atoms with van der Waals surface area (Å²) in [6.45, 7) is 10.8. The van der Waals surface area contributed by atoms with Crippen molar-refractivity contribution in [1.29, 1.82) is 0 Å². The van der Waals surface area contributed by atoms with E-state index in [-0.39, 0.29) is 11.2 Å². The van der Waals surface area contributed by atoms with Gasteiger partial charge in [0.1, 0.15) is 5.76 Å². The van der Waals surface area contributed by atoms with Crippen molar-refractivity contribution in [2.24, 2.45) is 0 Å². The van der Waals surface area contributed by atoms with Gasteiger partial charge in [-0.3, -0.25) is 4.79 Å². The Morgan fingerprint density at radius 3 is 2.61 bits per heavy atom. The van der Waals surface area contributed by atoms with E-state index in [2.05, 4.69) is 29.4 Å². The highest BCUT2D eigenvalue weighted by Gasteiger charge is 2.22. The molecule has 7 heteroatoms. The quantitative estimate of drug-likeness (QED) is 0.560. The van der Waals surface area contributed by atoms with Gasteiger partial charge in [0.2, 0.25) is 5.91 Å². The molecular weight excluding hydrogens is 372 g/mol. The van der Waals surface area contributed by atoms with Gasteiger partial charge in [0.15, 0.2) is 11.0 Å². The van der Waals surface area contributed by atoms with E-state index in [1.165, 1.54) is 11.8 Å². The van der Waals surface area contributed by atoms with Gasteiger partial charge in [0.05, 0.1) is 17.1 Å². The van der Waals surface area contributed by atoms with Crippen molar-refractivity contribution in [3.8, 4) is 11.4 Å². The average molecular weight is 399 g/mol. The number of rotatable bonds is 7. The summed E-state index contributed by atoms with van der Waals surface area (Å²) in [5.41, 5.74) is 2.91. The molecule has 0 radical (unpaired) electrons. The zero-order valence-corrected chi connectivity index (χ0v) is 17.7. The summed E-state index contributed by atoms with van der Waals surface area (Å²) in [5.74, 6) is 1.84. The van der Waals surface area contributed by atoms with Crippen molar-refractivity contribution in [1.82, 2.24) is 14.8 Å². The predicted octanol–water partition coefficient (Wildman–Crippen LogP) is 5.11. The fraction of sp³-hybridized carbons (Fsp3) is 0.381. The number of carbonyl (C=O) groups is 1. The molecular formula is C21H26N4O2S. The van der Waals surface area contributed by atoms with Crippen LogP contribution in [-0.2, 0) is 11.3 Å². The first-order valence-electron chi connectivity index (χ1n) is 9.46. The molecule has 1 unspecified atom stereocenters. The Balaban J connectivity index is 1.76. The van der Waals surface area contributed by atoms with Crippen LogP contribution in [0.15, 0.2) is 46.2 Å². The first kappa shape index (κ1) is 20.2. The molecule has 1 amide bonds. The van der Waals surface area contributed by atoms with Crippen molar-refractivity contribution < 1.29 is 9.21 Å². The SMILES string of the molecule is CCn1c(SC(C)C(=O)Nc2ccccc2C(C)C)nnc1-c1ccoc1C. The second-order valence-electron chi connectivity index (χ2n) is 6.93. The molecule has 2 aromatic heterocycles. The normalized spacial score (nSPS) is 12.4. The highest BCUT2D eigenvalue weighted by molar-refractivity contribution is 8.00. The highest BCUT2D eigenvalue weighted by Crippen LogP contribution is 2.30. The van der Waals surface area contributed by atoms with E-state index in [1.807, 2.05) is 55.7 Å². The zero-order valence-electron chi connectivity index (χ0n) is 16.9. The Morgan fingerprint density at radius 1 is 1.21 bits per heavy atom. The molecule has 148 valence electrons. The van der Waals surface area contributed by atoms with Gasteiger partial charge in [-0.05, 0) is 44.4 Å². The lowest BCUT2D eigenvalue weighted by Gasteiger charge is -2.16. The molecule has 28 heavy (non-hydrogen) atoms. The molecule has 0 spiro atoms. The molecule has 0 aliphatic rings. The van der Waals surface area contributed by atoms with Gasteiger partial charge in [-0.25, -0.2) is 0 Å². The van der Waals surface area contributed by atoms with Gasteiger partial charge in [0.25, 0.3) is 0 Å². The number of carbonyl (C=O) groups excluding carboxylic acids is 1. The van der Waals surface area contributed by atoms with E-state index >= 15 is 0 Å². The lowest BCUT2D eigenvalue weighted by atomic mass is 10.0. The molecule has 1 atom stereocenters. The number of benzene rings is 1. The Morgan fingerprint density at radius 2 is 1.96 bits per heavy atom. The minimum absolute atomic E-state index is 0.0511. The number of furan rings is 1. The topological polar surface area (TPSA) is 73.0 Å². The van der Waals surface area contributed by atoms with Gasteiger partial charge in [-0.2, -0.15) is 0 Å². The third-order valence-electron chi connectivity index (χ3n) is 4.62. The first-order valence-corrected chi connectivity index (χ1v) is 10.3. The molecule has 0 saturated carbocycles. The van der Waals surface area contributed by atoms with Gasteiger partial charge in [0, 0.05) is 12.2 Å². The number of thioether (sulfide) groups is 1. The summed E-state index contributed by atoms with van der Waals surface area (Å²) in [4.78, 5) is 12.8. The van der Waals surface area contributed by atoms with Crippen LogP contribution >= 0.6 is 11.8 Å². The summed E-state index contributed by atoms with van der Waals surface area (Å²) >= 11 is 1.41. The second-order valence-corrected chi connectivity index (χ2v) is 8.24. The maximum atomic E-state index is 12.8. The maximum Gasteiger partial charge on any atom is 0.237 e. The fourth-order valence-electron chi connectivity index (χ4n) is 3.04. The van der Waals surface area contributed by atoms with Crippen molar-refractivity contribution in [2.45, 2.75) is 57.5 Å². The number of aryl methyl sites for hydroxylation is 1. The number of nitrogens with one attached hydrogen (secondary N) is 1. The monoisotopic (exact) mass is 398 g/mol. The minimum atomic E-state index is -0.312. The molecule has 0 fully saturated rings. The zero-order chi connectivity index (χ0) is 20.3. The van der Waals surface area contributed by atoms with E-state index in [4.69, 9.17) is 4.42 Å². The van der Waals surface area contributed by atoms with Crippen LogP contribution in [0.5, 0.6) is 0 Å². The van der Waals surface area contributed by atoms with Crippen LogP contribution in [0.4, 0.5) is 5.69 Å². The molecule has 1 aromatic carbocycles. The molecule has 0 aliphatic heterocycles. The lowest BCUT2D eigenvalue weighted by Crippen LogP contribution is -2.23. The number of anilines is 1. The van der Waals surface area contributed by atoms with E-state index in [0.717, 1.165) is 33.6 Å². The third kappa shape index (κ3) is 4.14. The fourth-order valence-corrected chi connectivity index (χ4v) is 3.95. The van der Waals surface area contributed by atoms with Crippen molar-refractivity contribution in [3.63, 3.8) is 0 Å². The van der Waals surface area contributed by atoms with E-state index < -0.39 is 0 Å². The molecule has 0 saturated heterocycles. The van der Waals surface area contributed by atoms with Crippen LogP contribution in [0.3, 0.4) is 0 Å². The molecule has 6 nitrogen and oxygen atoms in total. The lowest BCUT2D eigenvalue weighted by molar-refractivity contribution is -0.115. The second kappa shape index (κ2) is 8.65. The summed E-state index contributed by atoms with van der Waals surface area (Å²) in [6.07, 6.45) is 1.65.